The van der Waals surface area contributed by atoms with E-state index in [-0.39, 0.29) is 25.3 Å². The van der Waals surface area contributed by atoms with Crippen LogP contribution in [0.25, 0.3) is 11.3 Å². The van der Waals surface area contributed by atoms with Gasteiger partial charge in [0, 0.05) is 42.1 Å². The molecule has 1 aliphatic heterocycles. The van der Waals surface area contributed by atoms with E-state index in [1.807, 2.05) is 67.8 Å². The predicted octanol–water partition coefficient (Wildman–Crippen LogP) is 6.05. The predicted molar refractivity (Wildman–Crippen MR) is 129 cm³/mol. The van der Waals surface area contributed by atoms with Crippen molar-refractivity contribution in [2.45, 2.75) is 37.0 Å². The Labute approximate surface area is 196 Å². The number of anilines is 2. The van der Waals surface area contributed by atoms with Gasteiger partial charge in [-0.2, -0.15) is 0 Å². The van der Waals surface area contributed by atoms with Gasteiger partial charge in [-0.05, 0) is 43.4 Å². The molecule has 8 heteroatoms. The maximum Gasteiger partial charge on any atom is 0.259 e. The molecule has 33 heavy (non-hydrogen) atoms. The number of amides is 1. The van der Waals surface area contributed by atoms with Gasteiger partial charge in [0.05, 0.1) is 11.3 Å². The summed E-state index contributed by atoms with van der Waals surface area (Å²) < 4.78 is 28.0. The number of carbonyl (C=O) groups is 1. The number of aromatic nitrogens is 2. The van der Waals surface area contributed by atoms with Gasteiger partial charge < -0.3 is 10.2 Å². The van der Waals surface area contributed by atoms with Gasteiger partial charge >= 0.3 is 0 Å². The lowest BCUT2D eigenvalue weighted by atomic mass is 10.0. The van der Waals surface area contributed by atoms with Crippen molar-refractivity contribution in [1.29, 1.82) is 0 Å². The SMILES string of the molecule is CSc1cccc(NC(=O)c2c(N3CCCC(F)(F)CC3)nnc(-c3ccccc3)c2C)c1. The van der Waals surface area contributed by atoms with Crippen LogP contribution < -0.4 is 10.2 Å². The van der Waals surface area contributed by atoms with E-state index in [1.165, 1.54) is 0 Å². The first-order valence-corrected chi connectivity index (χ1v) is 12.1. The Morgan fingerprint density at radius 2 is 1.85 bits per heavy atom. The highest BCUT2D eigenvalue weighted by Gasteiger charge is 2.34. The molecule has 5 nitrogen and oxygen atoms in total. The number of thioether (sulfide) groups is 1. The first kappa shape index (κ1) is 23.2. The van der Waals surface area contributed by atoms with Crippen LogP contribution in [0.15, 0.2) is 59.5 Å². The Bertz CT molecular complexity index is 1140. The number of halogens is 2. The van der Waals surface area contributed by atoms with Crippen LogP contribution in [-0.4, -0.2) is 41.4 Å². The van der Waals surface area contributed by atoms with E-state index < -0.39 is 5.92 Å². The largest absolute Gasteiger partial charge is 0.354 e. The minimum absolute atomic E-state index is 0.119. The van der Waals surface area contributed by atoms with Gasteiger partial charge in [0.2, 0.25) is 5.92 Å². The molecule has 1 fully saturated rings. The number of nitrogens with zero attached hydrogens (tertiary/aromatic N) is 3. The van der Waals surface area contributed by atoms with Gasteiger partial charge in [-0.3, -0.25) is 4.79 Å². The van der Waals surface area contributed by atoms with E-state index >= 15 is 0 Å². The number of carbonyl (C=O) groups excluding carboxylic acids is 1. The van der Waals surface area contributed by atoms with Crippen LogP contribution in [0.3, 0.4) is 0 Å². The first-order valence-electron chi connectivity index (χ1n) is 10.9. The fraction of sp³-hybridized carbons (Fsp3) is 0.320. The number of hydrogen-bond donors (Lipinski definition) is 1. The normalized spacial score (nSPS) is 15.7. The van der Waals surface area contributed by atoms with E-state index in [2.05, 4.69) is 15.5 Å². The molecule has 0 atom stereocenters. The number of rotatable bonds is 5. The Balaban J connectivity index is 1.76. The fourth-order valence-electron chi connectivity index (χ4n) is 4.04. The molecule has 0 saturated carbocycles. The molecule has 0 bridgehead atoms. The van der Waals surface area contributed by atoms with Crippen LogP contribution in [0.1, 0.15) is 35.2 Å². The molecule has 0 radical (unpaired) electrons. The summed E-state index contributed by atoms with van der Waals surface area (Å²) in [4.78, 5) is 16.3. The number of nitrogens with one attached hydrogen (secondary N) is 1. The molecule has 1 aliphatic rings. The molecular weight excluding hydrogens is 442 g/mol. The molecule has 1 aromatic heterocycles. The minimum atomic E-state index is -2.71. The fourth-order valence-corrected chi connectivity index (χ4v) is 4.50. The lowest BCUT2D eigenvalue weighted by Crippen LogP contribution is -2.30. The van der Waals surface area contributed by atoms with Gasteiger partial charge in [-0.25, -0.2) is 8.78 Å². The topological polar surface area (TPSA) is 58.1 Å². The van der Waals surface area contributed by atoms with Crippen LogP contribution in [0.2, 0.25) is 0 Å². The van der Waals surface area contributed by atoms with Crippen molar-refractivity contribution in [2.24, 2.45) is 0 Å². The molecule has 1 saturated heterocycles. The van der Waals surface area contributed by atoms with Gasteiger partial charge in [-0.1, -0.05) is 36.4 Å². The molecular formula is C25H26F2N4OS. The summed E-state index contributed by atoms with van der Waals surface area (Å²) in [6.07, 6.45) is 1.86. The molecule has 2 aromatic carbocycles. The molecule has 1 amide bonds. The van der Waals surface area contributed by atoms with Crippen LogP contribution in [0.4, 0.5) is 20.3 Å². The summed E-state index contributed by atoms with van der Waals surface area (Å²) in [6.45, 7) is 2.35. The second kappa shape index (κ2) is 9.87. The van der Waals surface area contributed by atoms with Crippen molar-refractivity contribution in [2.75, 3.05) is 29.6 Å². The third kappa shape index (κ3) is 5.33. The Morgan fingerprint density at radius 1 is 1.06 bits per heavy atom. The van der Waals surface area contributed by atoms with E-state index in [0.717, 1.165) is 10.5 Å². The second-order valence-electron chi connectivity index (χ2n) is 8.12. The standard InChI is InChI=1S/C25H26F2N4OS/c1-17-21(24(32)28-19-10-6-11-20(16-19)33-2)23(31-14-7-12-25(26,27)13-15-31)30-29-22(17)18-8-4-3-5-9-18/h3-6,8-11,16H,7,12-15H2,1-2H3,(H,28,32). The zero-order valence-electron chi connectivity index (χ0n) is 18.6. The smallest absolute Gasteiger partial charge is 0.259 e. The quantitative estimate of drug-likeness (QED) is 0.462. The van der Waals surface area contributed by atoms with Crippen molar-refractivity contribution in [1.82, 2.24) is 10.2 Å². The molecule has 3 aromatic rings. The van der Waals surface area contributed by atoms with E-state index in [0.29, 0.717) is 41.3 Å². The van der Waals surface area contributed by atoms with E-state index in [1.54, 1.807) is 16.7 Å². The Kier molecular flexibility index (Phi) is 6.93. The summed E-state index contributed by atoms with van der Waals surface area (Å²) in [7, 11) is 0. The average molecular weight is 469 g/mol. The second-order valence-corrected chi connectivity index (χ2v) is 9.00. The third-order valence-electron chi connectivity index (χ3n) is 5.82. The maximum absolute atomic E-state index is 14.0. The van der Waals surface area contributed by atoms with Crippen molar-refractivity contribution >= 4 is 29.2 Å². The molecule has 0 aliphatic carbocycles. The number of benzene rings is 2. The molecule has 1 N–H and O–H groups in total. The molecule has 4 rings (SSSR count). The summed E-state index contributed by atoms with van der Waals surface area (Å²) >= 11 is 1.58. The highest BCUT2D eigenvalue weighted by atomic mass is 32.2. The van der Waals surface area contributed by atoms with Crippen molar-refractivity contribution in [3.63, 3.8) is 0 Å². The highest BCUT2D eigenvalue weighted by molar-refractivity contribution is 7.98. The molecule has 2 heterocycles. The minimum Gasteiger partial charge on any atom is -0.354 e. The van der Waals surface area contributed by atoms with Crippen LogP contribution >= 0.6 is 11.8 Å². The van der Waals surface area contributed by atoms with Crippen LogP contribution in [0, 0.1) is 6.92 Å². The van der Waals surface area contributed by atoms with Crippen LogP contribution in [0.5, 0.6) is 0 Å². The number of hydrogen-bond acceptors (Lipinski definition) is 5. The maximum atomic E-state index is 14.0. The summed E-state index contributed by atoms with van der Waals surface area (Å²) in [5, 5.41) is 11.8. The average Bonchev–Trinajstić information content (AvgIpc) is 2.99. The monoisotopic (exact) mass is 468 g/mol. The molecule has 0 unspecified atom stereocenters. The highest BCUT2D eigenvalue weighted by Crippen LogP contribution is 2.33. The summed E-state index contributed by atoms with van der Waals surface area (Å²) in [5.41, 5.74) is 3.14. The van der Waals surface area contributed by atoms with Crippen molar-refractivity contribution in [3.05, 3.63) is 65.7 Å². The zero-order valence-corrected chi connectivity index (χ0v) is 19.5. The summed E-state index contributed by atoms with van der Waals surface area (Å²) in [5.74, 6) is -2.69. The van der Waals surface area contributed by atoms with Crippen molar-refractivity contribution < 1.29 is 13.6 Å². The Hall–Kier alpha value is -3.00. The van der Waals surface area contributed by atoms with Crippen molar-refractivity contribution in [3.8, 4) is 11.3 Å². The number of alkyl halides is 2. The van der Waals surface area contributed by atoms with Gasteiger partial charge in [-0.15, -0.1) is 22.0 Å². The zero-order chi connectivity index (χ0) is 23.4. The van der Waals surface area contributed by atoms with Crippen LogP contribution in [-0.2, 0) is 0 Å². The van der Waals surface area contributed by atoms with E-state index in [9.17, 15) is 13.6 Å². The molecule has 172 valence electrons. The van der Waals surface area contributed by atoms with Gasteiger partial charge in [0.25, 0.3) is 5.91 Å². The van der Waals surface area contributed by atoms with E-state index in [4.69, 9.17) is 0 Å². The molecule has 0 spiro atoms. The lowest BCUT2D eigenvalue weighted by molar-refractivity contribution is -0.0102. The first-order chi connectivity index (χ1) is 15.9. The summed E-state index contributed by atoms with van der Waals surface area (Å²) in [6, 6.07) is 17.1. The van der Waals surface area contributed by atoms with Gasteiger partial charge in [0.15, 0.2) is 5.82 Å². The Morgan fingerprint density at radius 3 is 2.61 bits per heavy atom. The lowest BCUT2D eigenvalue weighted by Gasteiger charge is -2.25. The third-order valence-corrected chi connectivity index (χ3v) is 6.54. The van der Waals surface area contributed by atoms with Gasteiger partial charge in [0.1, 0.15) is 0 Å².